The molecule has 0 spiro atoms. The predicted molar refractivity (Wildman–Crippen MR) is 107 cm³/mol. The molecule has 0 aliphatic heterocycles. The number of carbonyl (C=O) groups excluding carboxylic acids is 1. The lowest BCUT2D eigenvalue weighted by Gasteiger charge is -2.19. The van der Waals surface area contributed by atoms with Gasteiger partial charge in [-0.05, 0) is 26.3 Å². The lowest BCUT2D eigenvalue weighted by molar-refractivity contribution is -0.130. The molecule has 0 saturated heterocycles. The normalized spacial score (nSPS) is 10.7. The molecule has 0 bridgehead atoms. The van der Waals surface area contributed by atoms with E-state index in [1.54, 1.807) is 0 Å². The van der Waals surface area contributed by atoms with Crippen molar-refractivity contribution in [1.82, 2.24) is 15.5 Å². The van der Waals surface area contributed by atoms with E-state index in [1.165, 1.54) is 5.56 Å². The van der Waals surface area contributed by atoms with Crippen LogP contribution in [0.2, 0.25) is 0 Å². The van der Waals surface area contributed by atoms with Crippen LogP contribution in [0.15, 0.2) is 35.3 Å². The summed E-state index contributed by atoms with van der Waals surface area (Å²) < 4.78 is 0. The summed E-state index contributed by atoms with van der Waals surface area (Å²) in [6, 6.07) is 10.1. The Balaban J connectivity index is 0.00000484. The van der Waals surface area contributed by atoms with E-state index in [9.17, 15) is 4.79 Å². The maximum Gasteiger partial charge on any atom is 0.224 e. The molecule has 2 N–H and O–H groups in total. The number of carbonyl (C=O) groups is 1. The number of halogens is 1. The molecule has 0 aliphatic carbocycles. The molecule has 5 nitrogen and oxygen atoms in total. The summed E-state index contributed by atoms with van der Waals surface area (Å²) in [6.07, 6.45) is 0.484. The number of hydrogen-bond donors (Lipinski definition) is 2. The van der Waals surface area contributed by atoms with E-state index in [4.69, 9.17) is 0 Å². The zero-order chi connectivity index (χ0) is 16.2. The first-order chi connectivity index (χ1) is 10.7. The highest BCUT2D eigenvalue weighted by molar-refractivity contribution is 14.0. The third kappa shape index (κ3) is 8.78. The van der Waals surface area contributed by atoms with E-state index in [2.05, 4.69) is 27.8 Å². The van der Waals surface area contributed by atoms with Crippen LogP contribution in [0.3, 0.4) is 0 Å². The zero-order valence-electron chi connectivity index (χ0n) is 14.3. The Morgan fingerprint density at radius 3 is 2.30 bits per heavy atom. The standard InChI is InChI=1S/C17H28N4O.HI/c1-4-18-17(20-14-15-10-8-7-9-11-15)19-13-12-16(22)21(5-2)6-3;/h7-11H,4-6,12-14H2,1-3H3,(H2,18,19,20);1H. The van der Waals surface area contributed by atoms with Crippen LogP contribution < -0.4 is 10.6 Å². The number of nitrogens with one attached hydrogen (secondary N) is 2. The second-order valence-electron chi connectivity index (χ2n) is 4.92. The quantitative estimate of drug-likeness (QED) is 0.377. The molecule has 1 aromatic rings. The Bertz CT molecular complexity index is 461. The Kier molecular flexibility index (Phi) is 12.4. The minimum atomic E-state index is 0. The van der Waals surface area contributed by atoms with Crippen LogP contribution in [-0.2, 0) is 11.3 Å². The fourth-order valence-corrected chi connectivity index (χ4v) is 2.12. The minimum absolute atomic E-state index is 0. The van der Waals surface area contributed by atoms with Gasteiger partial charge in [0.1, 0.15) is 0 Å². The third-order valence-corrected chi connectivity index (χ3v) is 3.35. The first-order valence-corrected chi connectivity index (χ1v) is 8.05. The number of aliphatic imine (C=N–C) groups is 1. The van der Waals surface area contributed by atoms with Crippen LogP contribution in [0.1, 0.15) is 32.8 Å². The van der Waals surface area contributed by atoms with E-state index in [-0.39, 0.29) is 29.9 Å². The van der Waals surface area contributed by atoms with Gasteiger partial charge >= 0.3 is 0 Å². The van der Waals surface area contributed by atoms with Gasteiger partial charge in [-0.3, -0.25) is 4.79 Å². The molecule has 1 amide bonds. The molecule has 0 aliphatic rings. The van der Waals surface area contributed by atoms with Gasteiger partial charge in [-0.25, -0.2) is 4.99 Å². The predicted octanol–water partition coefficient (Wildman–Crippen LogP) is 2.62. The lowest BCUT2D eigenvalue weighted by Crippen LogP contribution is -2.40. The summed E-state index contributed by atoms with van der Waals surface area (Å²) in [5.74, 6) is 0.926. The molecule has 6 heteroatoms. The number of hydrogen-bond acceptors (Lipinski definition) is 2. The van der Waals surface area contributed by atoms with Gasteiger partial charge in [0.15, 0.2) is 5.96 Å². The third-order valence-electron chi connectivity index (χ3n) is 3.35. The molecule has 0 unspecified atom stereocenters. The molecule has 0 radical (unpaired) electrons. The van der Waals surface area contributed by atoms with Crippen molar-refractivity contribution in [1.29, 1.82) is 0 Å². The average Bonchev–Trinajstić information content (AvgIpc) is 2.54. The fraction of sp³-hybridized carbons (Fsp3) is 0.529. The van der Waals surface area contributed by atoms with Gasteiger partial charge in [-0.1, -0.05) is 30.3 Å². The zero-order valence-corrected chi connectivity index (χ0v) is 16.7. The van der Waals surface area contributed by atoms with Crippen molar-refractivity contribution in [2.24, 2.45) is 4.99 Å². The molecule has 0 saturated carbocycles. The van der Waals surface area contributed by atoms with E-state index in [1.807, 2.05) is 43.9 Å². The topological polar surface area (TPSA) is 56.7 Å². The molecular formula is C17H29IN4O. The number of rotatable bonds is 8. The van der Waals surface area contributed by atoms with Crippen molar-refractivity contribution in [2.75, 3.05) is 26.2 Å². The highest BCUT2D eigenvalue weighted by atomic mass is 127. The summed E-state index contributed by atoms with van der Waals surface area (Å²) in [5.41, 5.74) is 1.17. The molecule has 130 valence electrons. The van der Waals surface area contributed by atoms with Crippen LogP contribution in [0, 0.1) is 0 Å². The van der Waals surface area contributed by atoms with Crippen molar-refractivity contribution < 1.29 is 4.79 Å². The summed E-state index contributed by atoms with van der Waals surface area (Å²) in [6.45, 7) is 9.57. The van der Waals surface area contributed by atoms with Crippen molar-refractivity contribution >= 4 is 35.8 Å². The van der Waals surface area contributed by atoms with E-state index >= 15 is 0 Å². The van der Waals surface area contributed by atoms with Crippen LogP contribution in [0.4, 0.5) is 0 Å². The van der Waals surface area contributed by atoms with Crippen LogP contribution in [0.25, 0.3) is 0 Å². The highest BCUT2D eigenvalue weighted by Gasteiger charge is 2.08. The second-order valence-corrected chi connectivity index (χ2v) is 4.92. The number of guanidine groups is 1. The SMILES string of the molecule is CCNC(=NCc1ccccc1)NCCC(=O)N(CC)CC.I. The summed E-state index contributed by atoms with van der Waals surface area (Å²) >= 11 is 0. The van der Waals surface area contributed by atoms with E-state index in [0.717, 1.165) is 25.6 Å². The molecule has 1 rings (SSSR count). The maximum atomic E-state index is 11.9. The van der Waals surface area contributed by atoms with Gasteiger partial charge in [0.2, 0.25) is 5.91 Å². The van der Waals surface area contributed by atoms with Gasteiger partial charge in [0.25, 0.3) is 0 Å². The van der Waals surface area contributed by atoms with Crippen molar-refractivity contribution in [3.8, 4) is 0 Å². The van der Waals surface area contributed by atoms with Crippen LogP contribution in [-0.4, -0.2) is 42.9 Å². The van der Waals surface area contributed by atoms with E-state index < -0.39 is 0 Å². The largest absolute Gasteiger partial charge is 0.357 e. The van der Waals surface area contributed by atoms with E-state index in [0.29, 0.717) is 19.5 Å². The van der Waals surface area contributed by atoms with Gasteiger partial charge in [-0.2, -0.15) is 0 Å². The molecule has 0 fully saturated rings. The highest BCUT2D eigenvalue weighted by Crippen LogP contribution is 2.00. The van der Waals surface area contributed by atoms with Gasteiger partial charge in [0.05, 0.1) is 6.54 Å². The molecule has 0 heterocycles. The Morgan fingerprint density at radius 2 is 1.74 bits per heavy atom. The lowest BCUT2D eigenvalue weighted by atomic mass is 10.2. The Labute approximate surface area is 157 Å². The first kappa shape index (κ1) is 21.7. The molecule has 0 aromatic heterocycles. The molecule has 0 atom stereocenters. The Hall–Kier alpha value is -1.31. The number of nitrogens with zero attached hydrogens (tertiary/aromatic N) is 2. The van der Waals surface area contributed by atoms with Gasteiger partial charge in [-0.15, -0.1) is 24.0 Å². The van der Waals surface area contributed by atoms with Crippen LogP contribution >= 0.6 is 24.0 Å². The van der Waals surface area contributed by atoms with Crippen molar-refractivity contribution in [3.05, 3.63) is 35.9 Å². The molecule has 23 heavy (non-hydrogen) atoms. The van der Waals surface area contributed by atoms with Gasteiger partial charge in [0, 0.05) is 32.6 Å². The maximum absolute atomic E-state index is 11.9. The van der Waals surface area contributed by atoms with Crippen molar-refractivity contribution in [3.63, 3.8) is 0 Å². The van der Waals surface area contributed by atoms with Gasteiger partial charge < -0.3 is 15.5 Å². The fourth-order valence-electron chi connectivity index (χ4n) is 2.12. The van der Waals surface area contributed by atoms with Crippen molar-refractivity contribution in [2.45, 2.75) is 33.7 Å². The van der Waals surface area contributed by atoms with Crippen LogP contribution in [0.5, 0.6) is 0 Å². The molecular weight excluding hydrogens is 403 g/mol. The summed E-state index contributed by atoms with van der Waals surface area (Å²) in [4.78, 5) is 18.3. The summed E-state index contributed by atoms with van der Waals surface area (Å²) in [5, 5.41) is 6.41. The summed E-state index contributed by atoms with van der Waals surface area (Å²) in [7, 11) is 0. The smallest absolute Gasteiger partial charge is 0.224 e. The first-order valence-electron chi connectivity index (χ1n) is 8.05. The second kappa shape index (κ2) is 13.2. The number of amides is 1. The monoisotopic (exact) mass is 432 g/mol. The number of benzene rings is 1. The molecule has 1 aromatic carbocycles. The minimum Gasteiger partial charge on any atom is -0.357 e. The Morgan fingerprint density at radius 1 is 1.09 bits per heavy atom. The average molecular weight is 432 g/mol.